The maximum absolute atomic E-state index is 13.4. The van der Waals surface area contributed by atoms with Crippen LogP contribution in [0.2, 0.25) is 0 Å². The highest BCUT2D eigenvalue weighted by Crippen LogP contribution is 2.45. The second-order valence-corrected chi connectivity index (χ2v) is 7.23. The second kappa shape index (κ2) is 7.02. The molecule has 3 heteroatoms. The Morgan fingerprint density at radius 3 is 2.07 bits per heavy atom. The van der Waals surface area contributed by atoms with Gasteiger partial charge in [-0.2, -0.15) is 0 Å². The first kappa shape index (κ1) is 17.4. The van der Waals surface area contributed by atoms with E-state index in [1.165, 1.54) is 0 Å². The molecule has 0 saturated heterocycles. The number of Topliss-reactive ketones (excluding diaryl/α,β-unsaturated/α-hetero) is 1. The average Bonchev–Trinajstić information content (AvgIpc) is 3.03. The number of ketones is 2. The Kier molecular flexibility index (Phi) is 4.21. The van der Waals surface area contributed by atoms with Crippen LogP contribution in [0.4, 0.5) is 0 Å². The quantitative estimate of drug-likeness (QED) is 0.599. The van der Waals surface area contributed by atoms with Gasteiger partial charge in [0.05, 0.1) is 5.57 Å². The van der Waals surface area contributed by atoms with Crippen LogP contribution in [0.15, 0.2) is 96.6 Å². The molecular weight excluding hydrogens is 360 g/mol. The van der Waals surface area contributed by atoms with Crippen molar-refractivity contribution in [3.8, 4) is 0 Å². The average molecular weight is 378 g/mol. The summed E-state index contributed by atoms with van der Waals surface area (Å²) < 4.78 is 6.32. The third-order valence-corrected chi connectivity index (χ3v) is 5.42. The van der Waals surface area contributed by atoms with Crippen molar-refractivity contribution in [1.29, 1.82) is 0 Å². The minimum Gasteiger partial charge on any atom is -0.455 e. The largest absolute Gasteiger partial charge is 0.455 e. The minimum atomic E-state index is -0.341. The summed E-state index contributed by atoms with van der Waals surface area (Å²) >= 11 is 0. The molecule has 3 nitrogen and oxygen atoms in total. The first-order chi connectivity index (χ1) is 14.2. The van der Waals surface area contributed by atoms with Crippen LogP contribution in [0.25, 0.3) is 11.5 Å². The molecular formula is C26H18O3. The smallest absolute Gasteiger partial charge is 0.194 e. The molecule has 140 valence electrons. The van der Waals surface area contributed by atoms with E-state index in [0.29, 0.717) is 22.7 Å². The zero-order valence-corrected chi connectivity index (χ0v) is 15.7. The number of fused-ring (bicyclic) bond motifs is 2. The van der Waals surface area contributed by atoms with Crippen molar-refractivity contribution in [2.45, 2.75) is 12.3 Å². The van der Waals surface area contributed by atoms with Crippen molar-refractivity contribution in [1.82, 2.24) is 0 Å². The van der Waals surface area contributed by atoms with Crippen molar-refractivity contribution in [2.75, 3.05) is 0 Å². The number of benzene rings is 3. The maximum Gasteiger partial charge on any atom is 0.194 e. The maximum atomic E-state index is 13.4. The first-order valence-electron chi connectivity index (χ1n) is 9.63. The number of carbonyl (C=O) groups excluding carboxylic acids is 2. The molecule has 0 fully saturated rings. The van der Waals surface area contributed by atoms with Crippen molar-refractivity contribution < 1.29 is 14.3 Å². The van der Waals surface area contributed by atoms with Gasteiger partial charge in [-0.05, 0) is 5.56 Å². The van der Waals surface area contributed by atoms with Gasteiger partial charge in [0.1, 0.15) is 11.5 Å². The molecule has 0 N–H and O–H groups in total. The van der Waals surface area contributed by atoms with Crippen LogP contribution < -0.4 is 0 Å². The van der Waals surface area contributed by atoms with E-state index in [2.05, 4.69) is 0 Å². The third-order valence-electron chi connectivity index (χ3n) is 5.42. The topological polar surface area (TPSA) is 43.4 Å². The van der Waals surface area contributed by atoms with Gasteiger partial charge in [-0.1, -0.05) is 84.9 Å². The van der Waals surface area contributed by atoms with Crippen LogP contribution in [0.3, 0.4) is 0 Å². The van der Waals surface area contributed by atoms with Gasteiger partial charge >= 0.3 is 0 Å². The fraction of sp³-hybridized carbons (Fsp3) is 0.0769. The minimum absolute atomic E-state index is 0.0620. The molecule has 3 aromatic carbocycles. The predicted octanol–water partition coefficient (Wildman–Crippen LogP) is 5.41. The predicted molar refractivity (Wildman–Crippen MR) is 112 cm³/mol. The Hall–Kier alpha value is -3.72. The summed E-state index contributed by atoms with van der Waals surface area (Å²) in [5.41, 5.74) is 3.72. The number of rotatable bonds is 2. The van der Waals surface area contributed by atoms with Crippen LogP contribution in [0, 0.1) is 0 Å². The lowest BCUT2D eigenvalue weighted by molar-refractivity contribution is -0.114. The van der Waals surface area contributed by atoms with Crippen molar-refractivity contribution in [3.63, 3.8) is 0 Å². The lowest BCUT2D eigenvalue weighted by Gasteiger charge is -2.22. The van der Waals surface area contributed by atoms with Crippen molar-refractivity contribution >= 4 is 23.1 Å². The van der Waals surface area contributed by atoms with E-state index in [9.17, 15) is 9.59 Å². The molecule has 5 rings (SSSR count). The standard InChI is InChI=1S/C26H18O3/c27-19-15-22(17-9-3-1-4-10-17)24-25(28)20-13-7-8-14-21(20)26(24)29-23(16-19)18-11-5-2-6-12-18/h1-14,16,22H,15H2/b23-16-/t22-/m0/s1. The number of hydrogen-bond donors (Lipinski definition) is 0. The van der Waals surface area contributed by atoms with Gasteiger partial charge in [-0.3, -0.25) is 9.59 Å². The molecule has 0 radical (unpaired) electrons. The Bertz CT molecular complexity index is 1170. The molecule has 0 bridgehead atoms. The number of carbonyl (C=O) groups is 2. The first-order valence-corrected chi connectivity index (χ1v) is 9.63. The highest BCUT2D eigenvalue weighted by atomic mass is 16.5. The molecule has 29 heavy (non-hydrogen) atoms. The summed E-state index contributed by atoms with van der Waals surface area (Å²) in [6, 6.07) is 26.7. The second-order valence-electron chi connectivity index (χ2n) is 7.23. The molecule has 2 aliphatic rings. The SMILES string of the molecule is O=C1/C=C(/c2ccccc2)OC2=C(C(=O)c3ccccc32)[C@H](c2ccccc2)C1. The van der Waals surface area contributed by atoms with Crippen molar-refractivity contribution in [3.05, 3.63) is 119 Å². The monoisotopic (exact) mass is 378 g/mol. The Labute approximate surface area is 169 Å². The van der Waals surface area contributed by atoms with Crippen LogP contribution in [0.1, 0.15) is 39.4 Å². The summed E-state index contributed by atoms with van der Waals surface area (Å²) in [4.78, 5) is 26.2. The molecule has 0 spiro atoms. The summed E-state index contributed by atoms with van der Waals surface area (Å²) in [5, 5.41) is 0. The molecule has 1 heterocycles. The van der Waals surface area contributed by atoms with Gasteiger partial charge in [-0.25, -0.2) is 0 Å². The molecule has 0 amide bonds. The van der Waals surface area contributed by atoms with Crippen LogP contribution in [0.5, 0.6) is 0 Å². The molecule has 0 unspecified atom stereocenters. The van der Waals surface area contributed by atoms with E-state index in [4.69, 9.17) is 4.74 Å². The van der Waals surface area contributed by atoms with Gasteiger partial charge < -0.3 is 4.74 Å². The van der Waals surface area contributed by atoms with E-state index < -0.39 is 0 Å². The van der Waals surface area contributed by atoms with E-state index in [1.807, 2.05) is 84.9 Å². The summed E-state index contributed by atoms with van der Waals surface area (Å²) in [5.74, 6) is 0.563. The van der Waals surface area contributed by atoms with Gasteiger partial charge in [0, 0.05) is 35.1 Å². The van der Waals surface area contributed by atoms with E-state index in [1.54, 1.807) is 6.08 Å². The molecule has 1 aliphatic carbocycles. The molecule has 0 saturated carbocycles. The summed E-state index contributed by atoms with van der Waals surface area (Å²) in [6.07, 6.45) is 1.78. The fourth-order valence-corrected chi connectivity index (χ4v) is 4.06. The lowest BCUT2D eigenvalue weighted by Crippen LogP contribution is -2.16. The Morgan fingerprint density at radius 1 is 0.724 bits per heavy atom. The zero-order valence-electron chi connectivity index (χ0n) is 15.7. The van der Waals surface area contributed by atoms with E-state index >= 15 is 0 Å². The normalized spacial score (nSPS) is 20.1. The zero-order chi connectivity index (χ0) is 19.8. The Morgan fingerprint density at radius 2 is 1.34 bits per heavy atom. The molecule has 0 aromatic heterocycles. The number of ether oxygens (including phenoxy) is 1. The highest BCUT2D eigenvalue weighted by molar-refractivity contribution is 6.21. The molecule has 1 aliphatic heterocycles. The number of allylic oxidation sites excluding steroid dienone is 2. The van der Waals surface area contributed by atoms with Crippen LogP contribution in [-0.2, 0) is 9.53 Å². The van der Waals surface area contributed by atoms with Crippen LogP contribution in [-0.4, -0.2) is 11.6 Å². The van der Waals surface area contributed by atoms with Gasteiger partial charge in [0.15, 0.2) is 11.6 Å². The Balaban J connectivity index is 1.71. The highest BCUT2D eigenvalue weighted by Gasteiger charge is 2.38. The van der Waals surface area contributed by atoms with E-state index in [-0.39, 0.29) is 23.9 Å². The fourth-order valence-electron chi connectivity index (χ4n) is 4.06. The molecule has 1 atom stereocenters. The summed E-state index contributed by atoms with van der Waals surface area (Å²) in [7, 11) is 0. The van der Waals surface area contributed by atoms with Gasteiger partial charge in [-0.15, -0.1) is 0 Å². The van der Waals surface area contributed by atoms with Gasteiger partial charge in [0.25, 0.3) is 0 Å². The van der Waals surface area contributed by atoms with Crippen molar-refractivity contribution in [2.24, 2.45) is 0 Å². The van der Waals surface area contributed by atoms with E-state index in [0.717, 1.165) is 16.7 Å². The van der Waals surface area contributed by atoms with Gasteiger partial charge in [0.2, 0.25) is 0 Å². The lowest BCUT2D eigenvalue weighted by atomic mass is 9.84. The molecule has 3 aromatic rings. The number of hydrogen-bond acceptors (Lipinski definition) is 3. The summed E-state index contributed by atoms with van der Waals surface area (Å²) in [6.45, 7) is 0. The van der Waals surface area contributed by atoms with Crippen LogP contribution >= 0.6 is 0 Å². The third kappa shape index (κ3) is 3.01.